The first-order valence-electron chi connectivity index (χ1n) is 6.06. The molecule has 5 nitrogen and oxygen atoms in total. The summed E-state index contributed by atoms with van der Waals surface area (Å²) in [4.78, 5) is 24.9. The van der Waals surface area contributed by atoms with Gasteiger partial charge in [0, 0.05) is 16.3 Å². The van der Waals surface area contributed by atoms with Crippen molar-refractivity contribution >= 4 is 29.3 Å². The van der Waals surface area contributed by atoms with Crippen LogP contribution in [0.25, 0.3) is 0 Å². The Morgan fingerprint density at radius 3 is 2.95 bits per heavy atom. The van der Waals surface area contributed by atoms with Crippen LogP contribution in [0.4, 0.5) is 10.5 Å². The van der Waals surface area contributed by atoms with Crippen LogP contribution in [0.1, 0.15) is 25.5 Å². The molecule has 102 valence electrons. The van der Waals surface area contributed by atoms with E-state index >= 15 is 0 Å². The molecule has 19 heavy (non-hydrogen) atoms. The highest BCUT2D eigenvalue weighted by Crippen LogP contribution is 2.37. The summed E-state index contributed by atoms with van der Waals surface area (Å²) in [5, 5.41) is 3.29. The summed E-state index contributed by atoms with van der Waals surface area (Å²) in [5.41, 5.74) is 1.50. The van der Waals surface area contributed by atoms with Crippen molar-refractivity contribution in [2.24, 2.45) is 0 Å². The Kier molecular flexibility index (Phi) is 3.95. The van der Waals surface area contributed by atoms with Crippen LogP contribution in [-0.2, 0) is 9.53 Å². The van der Waals surface area contributed by atoms with Crippen molar-refractivity contribution in [2.75, 3.05) is 18.5 Å². The van der Waals surface area contributed by atoms with Crippen molar-refractivity contribution < 1.29 is 14.3 Å². The summed E-state index contributed by atoms with van der Waals surface area (Å²) in [5.74, 6) is -0.431. The van der Waals surface area contributed by atoms with Crippen molar-refractivity contribution in [1.29, 1.82) is 0 Å². The van der Waals surface area contributed by atoms with Gasteiger partial charge >= 0.3 is 12.0 Å². The molecule has 0 spiro atoms. The van der Waals surface area contributed by atoms with E-state index in [0.29, 0.717) is 17.3 Å². The molecule has 0 bridgehead atoms. The summed E-state index contributed by atoms with van der Waals surface area (Å²) in [6.45, 7) is 3.76. The van der Waals surface area contributed by atoms with E-state index in [4.69, 9.17) is 16.3 Å². The highest BCUT2D eigenvalue weighted by molar-refractivity contribution is 6.32. The lowest BCUT2D eigenvalue weighted by Crippen LogP contribution is -2.44. The van der Waals surface area contributed by atoms with Crippen molar-refractivity contribution in [3.63, 3.8) is 0 Å². The van der Waals surface area contributed by atoms with Gasteiger partial charge in [0.05, 0.1) is 12.6 Å². The summed E-state index contributed by atoms with van der Waals surface area (Å²) in [6, 6.07) is 4.72. The molecule has 1 unspecified atom stereocenters. The first-order chi connectivity index (χ1) is 9.04. The lowest BCUT2D eigenvalue weighted by atomic mass is 10.0. The van der Waals surface area contributed by atoms with Gasteiger partial charge in [0.1, 0.15) is 6.54 Å². The minimum Gasteiger partial charge on any atom is -0.465 e. The fourth-order valence-corrected chi connectivity index (χ4v) is 2.48. The van der Waals surface area contributed by atoms with Gasteiger partial charge in [-0.1, -0.05) is 17.7 Å². The van der Waals surface area contributed by atoms with Crippen LogP contribution < -0.4 is 5.32 Å². The zero-order chi connectivity index (χ0) is 14.0. The second-order valence-corrected chi connectivity index (χ2v) is 4.65. The Balaban J connectivity index is 2.26. The van der Waals surface area contributed by atoms with E-state index < -0.39 is 5.97 Å². The number of hydrogen-bond donors (Lipinski definition) is 1. The molecule has 1 atom stereocenters. The summed E-state index contributed by atoms with van der Waals surface area (Å²) in [6.07, 6.45) is 0. The number of anilines is 1. The Morgan fingerprint density at radius 1 is 1.53 bits per heavy atom. The van der Waals surface area contributed by atoms with Gasteiger partial charge < -0.3 is 15.0 Å². The van der Waals surface area contributed by atoms with Crippen LogP contribution in [-0.4, -0.2) is 30.1 Å². The number of nitrogens with one attached hydrogen (secondary N) is 1. The molecule has 0 saturated carbocycles. The van der Waals surface area contributed by atoms with Crippen LogP contribution in [0.3, 0.4) is 0 Å². The summed E-state index contributed by atoms with van der Waals surface area (Å²) in [7, 11) is 0. The molecular formula is C13H15ClN2O3. The van der Waals surface area contributed by atoms with E-state index in [0.717, 1.165) is 5.56 Å². The number of ether oxygens (including phenoxy) is 1. The summed E-state index contributed by atoms with van der Waals surface area (Å²) >= 11 is 6.15. The number of fused-ring (bicyclic) bond motifs is 1. The van der Waals surface area contributed by atoms with Crippen molar-refractivity contribution in [3.8, 4) is 0 Å². The molecule has 1 N–H and O–H groups in total. The monoisotopic (exact) mass is 282 g/mol. The molecule has 1 aliphatic heterocycles. The number of benzene rings is 1. The third-order valence-electron chi connectivity index (χ3n) is 3.05. The predicted octanol–water partition coefficient (Wildman–Crippen LogP) is 2.81. The van der Waals surface area contributed by atoms with E-state index in [9.17, 15) is 9.59 Å². The van der Waals surface area contributed by atoms with Gasteiger partial charge in [-0.3, -0.25) is 4.79 Å². The van der Waals surface area contributed by atoms with Crippen LogP contribution in [0, 0.1) is 0 Å². The zero-order valence-electron chi connectivity index (χ0n) is 10.8. The van der Waals surface area contributed by atoms with Gasteiger partial charge in [0.2, 0.25) is 0 Å². The van der Waals surface area contributed by atoms with Crippen molar-refractivity contribution in [1.82, 2.24) is 4.90 Å². The van der Waals surface area contributed by atoms with Gasteiger partial charge in [-0.2, -0.15) is 0 Å². The topological polar surface area (TPSA) is 58.6 Å². The van der Waals surface area contributed by atoms with Crippen LogP contribution in [0.2, 0.25) is 5.02 Å². The highest BCUT2D eigenvalue weighted by Gasteiger charge is 2.32. The summed E-state index contributed by atoms with van der Waals surface area (Å²) < 4.78 is 4.87. The zero-order valence-corrected chi connectivity index (χ0v) is 11.5. The number of carbonyl (C=O) groups is 2. The maximum absolute atomic E-state index is 12.0. The standard InChI is InChI=1S/C13H15ClN2O3/c1-3-19-11(17)7-16-8(2)12-9(14)5-4-6-10(12)15-13(16)18/h4-6,8H,3,7H2,1-2H3,(H,15,18). The average Bonchev–Trinajstić information content (AvgIpc) is 2.34. The number of carbonyl (C=O) groups excluding carboxylic acids is 2. The smallest absolute Gasteiger partial charge is 0.325 e. The highest BCUT2D eigenvalue weighted by atomic mass is 35.5. The fraction of sp³-hybridized carbons (Fsp3) is 0.385. The normalized spacial score (nSPS) is 17.7. The van der Waals surface area contributed by atoms with E-state index in [1.54, 1.807) is 25.1 Å². The predicted molar refractivity (Wildman–Crippen MR) is 72.2 cm³/mol. The molecule has 0 radical (unpaired) electrons. The van der Waals surface area contributed by atoms with Crippen molar-refractivity contribution in [2.45, 2.75) is 19.9 Å². The van der Waals surface area contributed by atoms with E-state index in [1.165, 1.54) is 4.90 Å². The molecule has 2 amide bonds. The Bertz CT molecular complexity index is 519. The SMILES string of the molecule is CCOC(=O)CN1C(=O)Nc2cccc(Cl)c2C1C. The molecule has 1 aromatic carbocycles. The number of hydrogen-bond acceptors (Lipinski definition) is 3. The second kappa shape index (κ2) is 5.48. The largest absolute Gasteiger partial charge is 0.465 e. The molecule has 6 heteroatoms. The maximum Gasteiger partial charge on any atom is 0.325 e. The van der Waals surface area contributed by atoms with Gasteiger partial charge in [-0.15, -0.1) is 0 Å². The quantitative estimate of drug-likeness (QED) is 0.867. The number of esters is 1. The number of rotatable bonds is 3. The van der Waals surface area contributed by atoms with Gasteiger partial charge in [-0.25, -0.2) is 4.79 Å². The minimum absolute atomic E-state index is 0.0918. The van der Waals surface area contributed by atoms with E-state index in [1.807, 2.05) is 6.92 Å². The Labute approximate surface area is 116 Å². The molecule has 0 aliphatic carbocycles. The molecular weight excluding hydrogens is 268 g/mol. The molecule has 0 saturated heterocycles. The number of nitrogens with zero attached hydrogens (tertiary/aromatic N) is 1. The van der Waals surface area contributed by atoms with Crippen LogP contribution in [0.5, 0.6) is 0 Å². The molecule has 2 rings (SSSR count). The average molecular weight is 283 g/mol. The minimum atomic E-state index is -0.431. The van der Waals surface area contributed by atoms with Crippen LogP contribution >= 0.6 is 11.6 Å². The molecule has 1 aliphatic rings. The van der Waals surface area contributed by atoms with Gasteiger partial charge in [0.25, 0.3) is 0 Å². The maximum atomic E-state index is 12.0. The van der Waals surface area contributed by atoms with Gasteiger partial charge in [-0.05, 0) is 26.0 Å². The number of amides is 2. The van der Waals surface area contributed by atoms with Crippen LogP contribution in [0.15, 0.2) is 18.2 Å². The third kappa shape index (κ3) is 2.66. The number of halogens is 1. The molecule has 1 heterocycles. The van der Waals surface area contributed by atoms with E-state index in [2.05, 4.69) is 5.32 Å². The molecule has 1 aromatic rings. The Morgan fingerprint density at radius 2 is 2.26 bits per heavy atom. The number of urea groups is 1. The van der Waals surface area contributed by atoms with Gasteiger partial charge in [0.15, 0.2) is 0 Å². The van der Waals surface area contributed by atoms with E-state index in [-0.39, 0.29) is 18.6 Å². The first-order valence-corrected chi connectivity index (χ1v) is 6.44. The second-order valence-electron chi connectivity index (χ2n) is 4.24. The molecule has 0 aromatic heterocycles. The Hall–Kier alpha value is -1.75. The molecule has 0 fully saturated rings. The third-order valence-corrected chi connectivity index (χ3v) is 3.38. The first kappa shape index (κ1) is 13.7. The van der Waals surface area contributed by atoms with Crippen molar-refractivity contribution in [3.05, 3.63) is 28.8 Å². The fourth-order valence-electron chi connectivity index (χ4n) is 2.14. The lowest BCUT2D eigenvalue weighted by Gasteiger charge is -2.35. The lowest BCUT2D eigenvalue weighted by molar-refractivity contribution is -0.144.